The molecule has 2 heterocycles. The number of nitriles is 2. The average Bonchev–Trinajstić information content (AvgIpc) is 3.30. The molecule has 0 unspecified atom stereocenters. The van der Waals surface area contributed by atoms with Gasteiger partial charge in [0.15, 0.2) is 0 Å². The van der Waals surface area contributed by atoms with E-state index in [0.717, 1.165) is 37.0 Å². The first kappa shape index (κ1) is 19.2. The highest BCUT2D eigenvalue weighted by Gasteiger charge is 2.22. The number of anilines is 1. The minimum atomic E-state index is -0.105. The first-order chi connectivity index (χ1) is 13.2. The highest BCUT2D eigenvalue weighted by Crippen LogP contribution is 2.37. The molecule has 0 radical (unpaired) electrons. The van der Waals surface area contributed by atoms with E-state index in [-0.39, 0.29) is 5.91 Å². The SMILES string of the molecule is N#CCCN(CCC(=O)Nc1sc2c(c1C#N)CCCC2)Cc1ccco1. The molecule has 1 aliphatic carbocycles. The Morgan fingerprint density at radius 1 is 1.30 bits per heavy atom. The van der Waals surface area contributed by atoms with Crippen LogP contribution in [0.5, 0.6) is 0 Å². The average molecular weight is 382 g/mol. The molecular weight excluding hydrogens is 360 g/mol. The predicted molar refractivity (Wildman–Crippen MR) is 103 cm³/mol. The molecule has 0 saturated heterocycles. The molecule has 3 rings (SSSR count). The Balaban J connectivity index is 1.59. The molecule has 0 aliphatic heterocycles. The molecule has 1 aliphatic rings. The third-order valence-electron chi connectivity index (χ3n) is 4.69. The number of rotatable bonds is 8. The lowest BCUT2D eigenvalue weighted by molar-refractivity contribution is -0.116. The van der Waals surface area contributed by atoms with Gasteiger partial charge in [0.05, 0.1) is 24.4 Å². The summed E-state index contributed by atoms with van der Waals surface area (Å²) in [5, 5.41) is 21.9. The van der Waals surface area contributed by atoms with Crippen LogP contribution in [0.25, 0.3) is 0 Å². The molecule has 140 valence electrons. The van der Waals surface area contributed by atoms with Gasteiger partial charge in [0.2, 0.25) is 5.91 Å². The third kappa shape index (κ3) is 4.97. The minimum absolute atomic E-state index is 0.105. The summed E-state index contributed by atoms with van der Waals surface area (Å²) in [5.41, 5.74) is 1.76. The summed E-state index contributed by atoms with van der Waals surface area (Å²) in [6.07, 6.45) is 6.49. The summed E-state index contributed by atoms with van der Waals surface area (Å²) >= 11 is 1.54. The van der Waals surface area contributed by atoms with E-state index in [1.165, 1.54) is 4.88 Å². The summed E-state index contributed by atoms with van der Waals surface area (Å²) in [6.45, 7) is 1.68. The van der Waals surface area contributed by atoms with Gasteiger partial charge < -0.3 is 9.73 Å². The van der Waals surface area contributed by atoms with Crippen LogP contribution in [0.3, 0.4) is 0 Å². The number of carbonyl (C=O) groups is 1. The van der Waals surface area contributed by atoms with Gasteiger partial charge in [-0.05, 0) is 43.4 Å². The smallest absolute Gasteiger partial charge is 0.226 e. The van der Waals surface area contributed by atoms with Crippen LogP contribution < -0.4 is 5.32 Å². The maximum absolute atomic E-state index is 12.4. The third-order valence-corrected chi connectivity index (χ3v) is 5.90. The molecule has 0 atom stereocenters. The van der Waals surface area contributed by atoms with E-state index >= 15 is 0 Å². The second-order valence-electron chi connectivity index (χ2n) is 6.59. The Bertz CT molecular complexity index is 858. The van der Waals surface area contributed by atoms with E-state index in [4.69, 9.17) is 9.68 Å². The maximum Gasteiger partial charge on any atom is 0.226 e. The molecule has 2 aromatic rings. The van der Waals surface area contributed by atoms with E-state index in [9.17, 15) is 10.1 Å². The quantitative estimate of drug-likeness (QED) is 0.749. The molecule has 6 nitrogen and oxygen atoms in total. The fraction of sp³-hybridized carbons (Fsp3) is 0.450. The van der Waals surface area contributed by atoms with Gasteiger partial charge >= 0.3 is 0 Å². The van der Waals surface area contributed by atoms with Gasteiger partial charge in [-0.25, -0.2) is 0 Å². The highest BCUT2D eigenvalue weighted by atomic mass is 32.1. The van der Waals surface area contributed by atoms with Gasteiger partial charge in [-0.3, -0.25) is 9.69 Å². The van der Waals surface area contributed by atoms with E-state index in [1.807, 2.05) is 17.0 Å². The molecule has 27 heavy (non-hydrogen) atoms. The largest absolute Gasteiger partial charge is 0.468 e. The molecule has 1 amide bonds. The molecule has 0 fully saturated rings. The summed E-state index contributed by atoms with van der Waals surface area (Å²) < 4.78 is 5.36. The topological polar surface area (TPSA) is 93.1 Å². The van der Waals surface area contributed by atoms with Crippen molar-refractivity contribution < 1.29 is 9.21 Å². The van der Waals surface area contributed by atoms with E-state index in [2.05, 4.69) is 17.5 Å². The van der Waals surface area contributed by atoms with Crippen LogP contribution in [-0.4, -0.2) is 23.9 Å². The fourth-order valence-corrected chi connectivity index (χ4v) is 4.58. The second kappa shape index (κ2) is 9.36. The van der Waals surface area contributed by atoms with Crippen molar-refractivity contribution in [1.29, 1.82) is 10.5 Å². The van der Waals surface area contributed by atoms with Crippen molar-refractivity contribution in [1.82, 2.24) is 4.90 Å². The Hall–Kier alpha value is -2.61. The monoisotopic (exact) mass is 382 g/mol. The van der Waals surface area contributed by atoms with Gasteiger partial charge in [0, 0.05) is 30.8 Å². The van der Waals surface area contributed by atoms with Crippen LogP contribution in [-0.2, 0) is 24.2 Å². The van der Waals surface area contributed by atoms with E-state index in [1.54, 1.807) is 17.6 Å². The van der Waals surface area contributed by atoms with Crippen LogP contribution in [0, 0.1) is 22.7 Å². The molecule has 0 bridgehead atoms. The van der Waals surface area contributed by atoms with Crippen LogP contribution in [0.2, 0.25) is 0 Å². The molecule has 2 aromatic heterocycles. The van der Waals surface area contributed by atoms with Crippen molar-refractivity contribution in [2.45, 2.75) is 45.1 Å². The number of nitrogens with one attached hydrogen (secondary N) is 1. The lowest BCUT2D eigenvalue weighted by atomic mass is 9.96. The van der Waals surface area contributed by atoms with Crippen LogP contribution in [0.4, 0.5) is 5.00 Å². The number of amides is 1. The van der Waals surface area contributed by atoms with E-state index < -0.39 is 0 Å². The molecule has 0 aromatic carbocycles. The number of nitrogens with zero attached hydrogens (tertiary/aromatic N) is 3. The zero-order valence-corrected chi connectivity index (χ0v) is 16.0. The number of thiophene rings is 1. The van der Waals surface area contributed by atoms with Crippen molar-refractivity contribution in [3.05, 3.63) is 40.2 Å². The Morgan fingerprint density at radius 2 is 2.15 bits per heavy atom. The molecule has 0 spiro atoms. The van der Waals surface area contributed by atoms with Crippen LogP contribution in [0.15, 0.2) is 22.8 Å². The van der Waals surface area contributed by atoms with Gasteiger partial charge in [-0.2, -0.15) is 10.5 Å². The van der Waals surface area contributed by atoms with Gasteiger partial charge in [-0.15, -0.1) is 11.3 Å². The Morgan fingerprint density at radius 3 is 2.89 bits per heavy atom. The molecule has 1 N–H and O–H groups in total. The first-order valence-electron chi connectivity index (χ1n) is 9.17. The van der Waals surface area contributed by atoms with Gasteiger partial charge in [-0.1, -0.05) is 0 Å². The maximum atomic E-state index is 12.4. The van der Waals surface area contributed by atoms with Crippen molar-refractivity contribution in [3.8, 4) is 12.1 Å². The summed E-state index contributed by atoms with van der Waals surface area (Å²) in [7, 11) is 0. The van der Waals surface area contributed by atoms with E-state index in [0.29, 0.717) is 43.0 Å². The van der Waals surface area contributed by atoms with Crippen LogP contribution in [0.1, 0.15) is 47.4 Å². The summed E-state index contributed by atoms with van der Waals surface area (Å²) in [6, 6.07) is 8.12. The number of hydrogen-bond donors (Lipinski definition) is 1. The minimum Gasteiger partial charge on any atom is -0.468 e. The second-order valence-corrected chi connectivity index (χ2v) is 7.69. The fourth-order valence-electron chi connectivity index (χ4n) is 3.32. The molecular formula is C20H22N4O2S. The number of fused-ring (bicyclic) bond motifs is 1. The lowest BCUT2D eigenvalue weighted by Gasteiger charge is -2.19. The number of carbonyl (C=O) groups excluding carboxylic acids is 1. The first-order valence-corrected chi connectivity index (χ1v) is 9.99. The van der Waals surface area contributed by atoms with Gasteiger partial charge in [0.25, 0.3) is 0 Å². The lowest BCUT2D eigenvalue weighted by Crippen LogP contribution is -2.28. The zero-order valence-electron chi connectivity index (χ0n) is 15.2. The van der Waals surface area contributed by atoms with Crippen LogP contribution >= 0.6 is 11.3 Å². The highest BCUT2D eigenvalue weighted by molar-refractivity contribution is 7.16. The zero-order chi connectivity index (χ0) is 19.1. The Kier molecular flexibility index (Phi) is 6.64. The summed E-state index contributed by atoms with van der Waals surface area (Å²) in [5.74, 6) is 0.706. The van der Waals surface area contributed by atoms with Crippen molar-refractivity contribution in [3.63, 3.8) is 0 Å². The summed E-state index contributed by atoms with van der Waals surface area (Å²) in [4.78, 5) is 15.7. The molecule has 7 heteroatoms. The number of hydrogen-bond acceptors (Lipinski definition) is 6. The Labute approximate surface area is 163 Å². The van der Waals surface area contributed by atoms with Crippen molar-refractivity contribution in [2.75, 3.05) is 18.4 Å². The normalized spacial score (nSPS) is 13.0. The molecule has 0 saturated carbocycles. The van der Waals surface area contributed by atoms with Gasteiger partial charge in [0.1, 0.15) is 16.8 Å². The number of aryl methyl sites for hydroxylation is 1. The standard InChI is InChI=1S/C20H22N4O2S/c21-9-4-10-24(14-15-5-3-12-26-15)11-8-19(25)23-20-17(13-22)16-6-1-2-7-18(16)27-20/h3,5,12H,1-2,4,6-8,10-11,14H2,(H,23,25). The van der Waals surface area contributed by atoms with Crippen molar-refractivity contribution in [2.24, 2.45) is 0 Å². The number of furan rings is 1. The van der Waals surface area contributed by atoms with Crippen molar-refractivity contribution >= 4 is 22.2 Å². The predicted octanol–water partition coefficient (Wildman–Crippen LogP) is 3.84.